The highest BCUT2D eigenvalue weighted by Gasteiger charge is 2.37. The van der Waals surface area contributed by atoms with Gasteiger partial charge >= 0.3 is 11.9 Å². The molecule has 0 radical (unpaired) electrons. The van der Waals surface area contributed by atoms with Crippen LogP contribution in [0, 0.1) is 22.0 Å². The zero-order chi connectivity index (χ0) is 23.4. The molecule has 0 fully saturated rings. The van der Waals surface area contributed by atoms with Crippen LogP contribution in [0.2, 0.25) is 0 Å². The molecule has 0 spiro atoms. The minimum absolute atomic E-state index is 0.0238. The number of nitrogens with one attached hydrogen (secondary N) is 1. The van der Waals surface area contributed by atoms with Crippen molar-refractivity contribution in [3.05, 3.63) is 97.9 Å². The molecule has 8 nitrogen and oxygen atoms in total. The van der Waals surface area contributed by atoms with Crippen molar-refractivity contribution in [2.75, 3.05) is 7.11 Å². The minimum atomic E-state index is -1.14. The molecule has 2 N–H and O–H groups in total. The van der Waals surface area contributed by atoms with Gasteiger partial charge in [0.25, 0.3) is 5.69 Å². The summed E-state index contributed by atoms with van der Waals surface area (Å²) in [7, 11) is 1.25. The molecule has 32 heavy (non-hydrogen) atoms. The van der Waals surface area contributed by atoms with Gasteiger partial charge in [-0.05, 0) is 43.7 Å². The van der Waals surface area contributed by atoms with Crippen molar-refractivity contribution in [2.45, 2.75) is 19.8 Å². The van der Waals surface area contributed by atoms with E-state index < -0.39 is 22.8 Å². The van der Waals surface area contributed by atoms with Gasteiger partial charge in [-0.2, -0.15) is 0 Å². The number of nitrogens with zero attached hydrogens (tertiary/aromatic N) is 1. The van der Waals surface area contributed by atoms with Gasteiger partial charge in [0, 0.05) is 34.7 Å². The lowest BCUT2D eigenvalue weighted by molar-refractivity contribution is -0.384. The fourth-order valence-corrected chi connectivity index (χ4v) is 3.60. The van der Waals surface area contributed by atoms with E-state index in [4.69, 9.17) is 4.74 Å². The number of ether oxygens (including phenoxy) is 1. The lowest BCUT2D eigenvalue weighted by atomic mass is 9.80. The second-order valence-electron chi connectivity index (χ2n) is 7.11. The normalized spacial score (nSPS) is 15.4. The predicted octanol–water partition coefficient (Wildman–Crippen LogP) is 3.49. The number of allylic oxidation sites excluding steroid dienone is 2. The van der Waals surface area contributed by atoms with Crippen LogP contribution in [-0.2, 0) is 14.3 Å². The molecule has 0 saturated carbocycles. The number of aliphatic carboxylic acids is 1. The summed E-state index contributed by atoms with van der Waals surface area (Å²) in [6, 6.07) is 12.8. The maximum Gasteiger partial charge on any atom is 0.336 e. The van der Waals surface area contributed by atoms with Gasteiger partial charge in [0.15, 0.2) is 0 Å². The van der Waals surface area contributed by atoms with Crippen LogP contribution >= 0.6 is 0 Å². The highest BCUT2D eigenvalue weighted by atomic mass is 16.6. The molecule has 1 aliphatic rings. The zero-order valence-corrected chi connectivity index (χ0v) is 17.6. The smallest absolute Gasteiger partial charge is 0.336 e. The van der Waals surface area contributed by atoms with E-state index in [1.807, 2.05) is 0 Å². The monoisotopic (exact) mass is 432 g/mol. The number of hydrogen-bond donors (Lipinski definition) is 2. The third kappa shape index (κ3) is 4.52. The van der Waals surface area contributed by atoms with Gasteiger partial charge in [-0.25, -0.2) is 9.59 Å². The predicted molar refractivity (Wildman–Crippen MR) is 116 cm³/mol. The van der Waals surface area contributed by atoms with Crippen molar-refractivity contribution in [1.82, 2.24) is 5.32 Å². The number of hydrogen-bond acceptors (Lipinski definition) is 6. The maximum absolute atomic E-state index is 12.5. The van der Waals surface area contributed by atoms with E-state index in [-0.39, 0.29) is 16.8 Å². The highest BCUT2D eigenvalue weighted by Crippen LogP contribution is 2.38. The average Bonchev–Trinajstić information content (AvgIpc) is 2.76. The van der Waals surface area contributed by atoms with Gasteiger partial charge in [-0.1, -0.05) is 24.0 Å². The maximum atomic E-state index is 12.5. The fraction of sp³-hybridized carbons (Fsp3) is 0.167. The van der Waals surface area contributed by atoms with Crippen molar-refractivity contribution < 1.29 is 24.4 Å². The first kappa shape index (κ1) is 22.3. The van der Waals surface area contributed by atoms with Crippen molar-refractivity contribution in [3.8, 4) is 11.8 Å². The highest BCUT2D eigenvalue weighted by molar-refractivity contribution is 5.99. The van der Waals surface area contributed by atoms with E-state index >= 15 is 0 Å². The summed E-state index contributed by atoms with van der Waals surface area (Å²) in [5.74, 6) is 3.33. The lowest BCUT2D eigenvalue weighted by Crippen LogP contribution is -2.31. The van der Waals surface area contributed by atoms with Crippen molar-refractivity contribution in [1.29, 1.82) is 0 Å². The third-order valence-electron chi connectivity index (χ3n) is 5.05. The van der Waals surface area contributed by atoms with Gasteiger partial charge in [0.05, 0.1) is 29.1 Å². The molecule has 1 heterocycles. The van der Waals surface area contributed by atoms with Gasteiger partial charge < -0.3 is 15.2 Å². The van der Waals surface area contributed by atoms with Crippen LogP contribution in [0.25, 0.3) is 0 Å². The third-order valence-corrected chi connectivity index (χ3v) is 5.05. The van der Waals surface area contributed by atoms with Crippen LogP contribution in [-0.4, -0.2) is 29.1 Å². The molecule has 0 aromatic heterocycles. The van der Waals surface area contributed by atoms with Crippen LogP contribution in [0.4, 0.5) is 5.69 Å². The number of rotatable bonds is 4. The first-order valence-electron chi connectivity index (χ1n) is 9.59. The molecule has 0 amide bonds. The van der Waals surface area contributed by atoms with Gasteiger partial charge in [0.2, 0.25) is 0 Å². The minimum Gasteiger partial charge on any atom is -0.478 e. The first-order chi connectivity index (χ1) is 15.2. The second-order valence-corrected chi connectivity index (χ2v) is 7.11. The molecule has 1 atom stereocenters. The number of benzene rings is 2. The summed E-state index contributed by atoms with van der Waals surface area (Å²) in [6.45, 7) is 3.34. The molecular weight excluding hydrogens is 412 g/mol. The van der Waals surface area contributed by atoms with Gasteiger partial charge in [0.1, 0.15) is 0 Å². The van der Waals surface area contributed by atoms with E-state index in [9.17, 15) is 24.8 Å². The number of carboxylic acid groups (broad SMARTS) is 1. The summed E-state index contributed by atoms with van der Waals surface area (Å²) in [5.41, 5.74) is 2.98. The van der Waals surface area contributed by atoms with Crippen LogP contribution in [0.1, 0.15) is 36.5 Å². The SMILES string of the molecule is COC(=O)C1=C(C)NC(C)=C(C(=O)O)C1c1cccc(C#Cc2ccc([N+](=O)[O-])cc2)c1. The van der Waals surface area contributed by atoms with Crippen molar-refractivity contribution in [2.24, 2.45) is 0 Å². The molecule has 0 aliphatic carbocycles. The molecular formula is C24H20N2O6. The Hall–Kier alpha value is -4.38. The first-order valence-corrected chi connectivity index (χ1v) is 9.59. The van der Waals surface area contributed by atoms with E-state index in [2.05, 4.69) is 17.2 Å². The van der Waals surface area contributed by atoms with Gasteiger partial charge in [-0.3, -0.25) is 10.1 Å². The summed E-state index contributed by atoms with van der Waals surface area (Å²) in [4.78, 5) is 34.8. The Morgan fingerprint density at radius 2 is 1.66 bits per heavy atom. The number of dihydropyridines is 1. The summed E-state index contributed by atoms with van der Waals surface area (Å²) < 4.78 is 4.91. The molecule has 3 rings (SSSR count). The largest absolute Gasteiger partial charge is 0.478 e. The van der Waals surface area contributed by atoms with Crippen LogP contribution in [0.15, 0.2) is 71.1 Å². The van der Waals surface area contributed by atoms with Crippen LogP contribution in [0.3, 0.4) is 0 Å². The Morgan fingerprint density at radius 1 is 1.03 bits per heavy atom. The summed E-state index contributed by atoms with van der Waals surface area (Å²) in [5, 5.41) is 23.6. The second kappa shape index (κ2) is 9.18. The molecule has 8 heteroatoms. The van der Waals surface area contributed by atoms with Crippen LogP contribution in [0.5, 0.6) is 0 Å². The standard InChI is InChI=1S/C24H20N2O6/c1-14-20(23(27)28)22(21(15(2)25-14)24(29)32-3)18-6-4-5-17(13-18)8-7-16-9-11-19(12-10-16)26(30)31/h4-6,9-13,22,25H,1-3H3,(H,27,28). The Labute approximate surface area is 184 Å². The molecule has 2 aromatic rings. The lowest BCUT2D eigenvalue weighted by Gasteiger charge is -2.29. The van der Waals surface area contributed by atoms with E-state index in [1.54, 1.807) is 50.2 Å². The number of carboxylic acids is 1. The van der Waals surface area contributed by atoms with Crippen molar-refractivity contribution >= 4 is 17.6 Å². The number of methoxy groups -OCH3 is 1. The number of nitro groups is 1. The molecule has 1 unspecified atom stereocenters. The van der Waals surface area contributed by atoms with Gasteiger partial charge in [-0.15, -0.1) is 0 Å². The quantitative estimate of drug-likeness (QED) is 0.329. The van der Waals surface area contributed by atoms with E-state index in [0.717, 1.165) is 0 Å². The molecule has 0 bridgehead atoms. The molecule has 162 valence electrons. The number of esters is 1. The molecule has 0 saturated heterocycles. The number of carbonyl (C=O) groups is 2. The number of carbonyl (C=O) groups excluding carboxylic acids is 1. The summed E-state index contributed by atoms with van der Waals surface area (Å²) in [6.07, 6.45) is 0. The Bertz CT molecular complexity index is 1230. The number of nitro benzene ring substituents is 1. The topological polar surface area (TPSA) is 119 Å². The molecule has 2 aromatic carbocycles. The number of non-ortho nitro benzene ring substituents is 1. The Morgan fingerprint density at radius 3 is 2.25 bits per heavy atom. The fourth-order valence-electron chi connectivity index (χ4n) is 3.60. The summed E-state index contributed by atoms with van der Waals surface area (Å²) >= 11 is 0. The Kier molecular flexibility index (Phi) is 6.40. The van der Waals surface area contributed by atoms with Crippen LogP contribution < -0.4 is 5.32 Å². The van der Waals surface area contributed by atoms with E-state index in [0.29, 0.717) is 28.1 Å². The van der Waals surface area contributed by atoms with E-state index in [1.165, 1.54) is 19.2 Å². The zero-order valence-electron chi connectivity index (χ0n) is 17.6. The van der Waals surface area contributed by atoms with Crippen molar-refractivity contribution in [3.63, 3.8) is 0 Å². The Balaban J connectivity index is 2.04. The average molecular weight is 432 g/mol. The molecule has 1 aliphatic heterocycles.